The largest absolute Gasteiger partial charge is 0.351 e. The van der Waals surface area contributed by atoms with Crippen LogP contribution in [-0.4, -0.2) is 20.9 Å². The van der Waals surface area contributed by atoms with E-state index in [2.05, 4.69) is 12.2 Å². The van der Waals surface area contributed by atoms with Crippen molar-refractivity contribution in [3.63, 3.8) is 0 Å². The molecule has 2 rings (SSSR count). The summed E-state index contributed by atoms with van der Waals surface area (Å²) in [7, 11) is -3.71. The first-order valence-electron chi connectivity index (χ1n) is 6.71. The van der Waals surface area contributed by atoms with Crippen molar-refractivity contribution in [1.29, 1.82) is 0 Å². The molecule has 1 aliphatic carbocycles. The summed E-state index contributed by atoms with van der Waals surface area (Å²) in [4.78, 5) is 12.0. The fraction of sp³-hybridized carbons (Fsp3) is 0.500. The van der Waals surface area contributed by atoms with Crippen LogP contribution in [0.3, 0.4) is 0 Å². The Bertz CT molecular complexity index is 587. The molecule has 5 nitrogen and oxygen atoms in total. The number of carbonyl (C=O) groups is 1. The van der Waals surface area contributed by atoms with E-state index in [1.807, 2.05) is 0 Å². The molecule has 0 radical (unpaired) electrons. The molecule has 6 heteroatoms. The maximum atomic E-state index is 12.0. The maximum Gasteiger partial charge on any atom is 0.251 e. The van der Waals surface area contributed by atoms with Gasteiger partial charge in [0.15, 0.2) is 0 Å². The lowest BCUT2D eigenvalue weighted by atomic mass is 9.89. The van der Waals surface area contributed by atoms with Crippen LogP contribution in [-0.2, 0) is 10.0 Å². The van der Waals surface area contributed by atoms with Crippen molar-refractivity contribution in [2.24, 2.45) is 10.6 Å². The molecule has 1 fully saturated rings. The van der Waals surface area contributed by atoms with Crippen molar-refractivity contribution in [2.75, 3.05) is 6.54 Å². The van der Waals surface area contributed by atoms with E-state index in [1.165, 1.54) is 37.1 Å². The number of nitrogens with one attached hydrogen (secondary N) is 1. The quantitative estimate of drug-likeness (QED) is 0.885. The van der Waals surface area contributed by atoms with Gasteiger partial charge in [-0.15, -0.1) is 0 Å². The molecule has 1 aromatic carbocycles. The average Bonchev–Trinajstić information content (AvgIpc) is 2.83. The molecule has 1 aromatic rings. The molecular formula is C14H20N2O3S. The molecule has 0 unspecified atom stereocenters. The Labute approximate surface area is 119 Å². The lowest BCUT2D eigenvalue weighted by Crippen LogP contribution is -2.34. The number of hydrogen-bond acceptors (Lipinski definition) is 3. The molecule has 0 spiro atoms. The molecule has 1 saturated carbocycles. The summed E-state index contributed by atoms with van der Waals surface area (Å²) in [5, 5.41) is 7.93. The third-order valence-corrected chi connectivity index (χ3v) is 4.86. The Kier molecular flexibility index (Phi) is 4.15. The SMILES string of the molecule is CC1(CNC(=O)c2ccc(S(N)(=O)=O)cc2)CCCC1. The third kappa shape index (κ3) is 3.58. The van der Waals surface area contributed by atoms with Crippen molar-refractivity contribution < 1.29 is 13.2 Å². The van der Waals surface area contributed by atoms with Crippen LogP contribution in [0.5, 0.6) is 0 Å². The van der Waals surface area contributed by atoms with Crippen molar-refractivity contribution in [2.45, 2.75) is 37.5 Å². The van der Waals surface area contributed by atoms with Crippen molar-refractivity contribution >= 4 is 15.9 Å². The van der Waals surface area contributed by atoms with Crippen LogP contribution < -0.4 is 10.5 Å². The third-order valence-electron chi connectivity index (χ3n) is 3.93. The molecule has 0 heterocycles. The van der Waals surface area contributed by atoms with Crippen LogP contribution in [0, 0.1) is 5.41 Å². The van der Waals surface area contributed by atoms with Gasteiger partial charge in [-0.2, -0.15) is 0 Å². The van der Waals surface area contributed by atoms with Crippen LogP contribution in [0.1, 0.15) is 43.0 Å². The van der Waals surface area contributed by atoms with E-state index in [0.29, 0.717) is 12.1 Å². The van der Waals surface area contributed by atoms with Gasteiger partial charge in [-0.1, -0.05) is 19.8 Å². The first-order valence-corrected chi connectivity index (χ1v) is 8.26. The van der Waals surface area contributed by atoms with Crippen LogP contribution >= 0.6 is 0 Å². The molecule has 0 aromatic heterocycles. The molecule has 3 N–H and O–H groups in total. The minimum absolute atomic E-state index is 0.0109. The molecule has 110 valence electrons. The molecule has 20 heavy (non-hydrogen) atoms. The lowest BCUT2D eigenvalue weighted by Gasteiger charge is -2.23. The Morgan fingerprint density at radius 3 is 2.30 bits per heavy atom. The predicted octanol–water partition coefficient (Wildman–Crippen LogP) is 1.64. The van der Waals surface area contributed by atoms with Crippen molar-refractivity contribution in [1.82, 2.24) is 5.32 Å². The number of rotatable bonds is 4. The Morgan fingerprint density at radius 2 is 1.80 bits per heavy atom. The van der Waals surface area contributed by atoms with Crippen LogP contribution in [0.4, 0.5) is 0 Å². The normalized spacial score (nSPS) is 17.9. The van der Waals surface area contributed by atoms with Crippen molar-refractivity contribution in [3.8, 4) is 0 Å². The summed E-state index contributed by atoms with van der Waals surface area (Å²) in [6.45, 7) is 2.84. The first kappa shape index (κ1) is 15.0. The smallest absolute Gasteiger partial charge is 0.251 e. The van der Waals surface area contributed by atoms with Gasteiger partial charge in [0.1, 0.15) is 0 Å². The average molecular weight is 296 g/mol. The Balaban J connectivity index is 1.99. The molecule has 0 aliphatic heterocycles. The first-order chi connectivity index (χ1) is 9.30. The summed E-state index contributed by atoms with van der Waals surface area (Å²) < 4.78 is 22.3. The maximum absolute atomic E-state index is 12.0. The van der Waals surface area contributed by atoms with Crippen LogP contribution in [0.15, 0.2) is 29.2 Å². The zero-order valence-corrected chi connectivity index (χ0v) is 12.4. The minimum atomic E-state index is -3.71. The Morgan fingerprint density at radius 1 is 1.25 bits per heavy atom. The highest BCUT2D eigenvalue weighted by Crippen LogP contribution is 2.36. The van der Waals surface area contributed by atoms with Crippen LogP contribution in [0.25, 0.3) is 0 Å². The van der Waals surface area contributed by atoms with Gasteiger partial charge in [0.25, 0.3) is 5.91 Å². The standard InChI is InChI=1S/C14H20N2O3S/c1-14(8-2-3-9-14)10-16-13(17)11-4-6-12(7-5-11)20(15,18)19/h4-7H,2-3,8-10H2,1H3,(H,16,17)(H2,15,18,19). The molecule has 1 amide bonds. The predicted molar refractivity (Wildman–Crippen MR) is 76.7 cm³/mol. The van der Waals surface area contributed by atoms with Crippen molar-refractivity contribution in [3.05, 3.63) is 29.8 Å². The second-order valence-corrected chi connectivity index (χ2v) is 7.33. The number of benzene rings is 1. The topological polar surface area (TPSA) is 89.3 Å². The van der Waals surface area contributed by atoms with Crippen LogP contribution in [0.2, 0.25) is 0 Å². The van der Waals surface area contributed by atoms with Gasteiger partial charge in [0.2, 0.25) is 10.0 Å². The summed E-state index contributed by atoms with van der Waals surface area (Å²) in [6, 6.07) is 5.65. The summed E-state index contributed by atoms with van der Waals surface area (Å²) >= 11 is 0. The molecule has 0 bridgehead atoms. The summed E-state index contributed by atoms with van der Waals surface area (Å²) in [6.07, 6.45) is 4.71. The van der Waals surface area contributed by atoms with E-state index >= 15 is 0 Å². The van der Waals surface area contributed by atoms with Gasteiger partial charge in [0.05, 0.1) is 4.90 Å². The zero-order valence-electron chi connectivity index (χ0n) is 11.6. The highest BCUT2D eigenvalue weighted by Gasteiger charge is 2.28. The van der Waals surface area contributed by atoms with E-state index in [4.69, 9.17) is 5.14 Å². The number of amides is 1. The summed E-state index contributed by atoms with van der Waals surface area (Å²) in [5.74, 6) is -0.181. The highest BCUT2D eigenvalue weighted by atomic mass is 32.2. The molecule has 1 aliphatic rings. The lowest BCUT2D eigenvalue weighted by molar-refractivity contribution is 0.0934. The number of primary sulfonamides is 1. The van der Waals surface area contributed by atoms with Gasteiger partial charge >= 0.3 is 0 Å². The minimum Gasteiger partial charge on any atom is -0.351 e. The second-order valence-electron chi connectivity index (χ2n) is 5.77. The fourth-order valence-corrected chi connectivity index (χ4v) is 3.11. The molecule has 0 atom stereocenters. The zero-order chi connectivity index (χ0) is 14.8. The Hall–Kier alpha value is -1.40. The number of sulfonamides is 1. The second kappa shape index (κ2) is 5.54. The summed E-state index contributed by atoms with van der Waals surface area (Å²) in [5.41, 5.74) is 0.634. The monoisotopic (exact) mass is 296 g/mol. The van der Waals surface area contributed by atoms with E-state index in [0.717, 1.165) is 12.8 Å². The van der Waals surface area contributed by atoms with E-state index < -0.39 is 10.0 Å². The highest BCUT2D eigenvalue weighted by molar-refractivity contribution is 7.89. The van der Waals surface area contributed by atoms with Gasteiger partial charge in [0, 0.05) is 12.1 Å². The van der Waals surface area contributed by atoms with E-state index in [9.17, 15) is 13.2 Å². The van der Waals surface area contributed by atoms with Gasteiger partial charge in [-0.25, -0.2) is 13.6 Å². The number of carbonyl (C=O) groups excluding carboxylic acids is 1. The van der Waals surface area contributed by atoms with E-state index in [-0.39, 0.29) is 16.2 Å². The molecular weight excluding hydrogens is 276 g/mol. The van der Waals surface area contributed by atoms with Gasteiger partial charge < -0.3 is 5.32 Å². The van der Waals surface area contributed by atoms with Gasteiger partial charge in [-0.3, -0.25) is 4.79 Å². The number of hydrogen-bond donors (Lipinski definition) is 2. The molecule has 0 saturated heterocycles. The van der Waals surface area contributed by atoms with Gasteiger partial charge in [-0.05, 0) is 42.5 Å². The van der Waals surface area contributed by atoms with E-state index in [1.54, 1.807) is 0 Å². The fourth-order valence-electron chi connectivity index (χ4n) is 2.60. The number of nitrogens with two attached hydrogens (primary N) is 1.